The standard InChI is InChI=1S/C19H26BrN3O/c1-2-16-19(17-4-3-5-18(20)23(17)21-16)22(12-14-6-7-14)13-15-8-10-24-11-9-15/h3-5,14-15H,2,6-13H2,1H3. The molecule has 2 aromatic rings. The van der Waals surface area contributed by atoms with E-state index < -0.39 is 0 Å². The largest absolute Gasteiger partial charge is 0.381 e. The molecule has 0 unspecified atom stereocenters. The van der Waals surface area contributed by atoms with Gasteiger partial charge in [0.2, 0.25) is 0 Å². The number of anilines is 1. The van der Waals surface area contributed by atoms with Gasteiger partial charge in [-0.2, -0.15) is 5.10 Å². The summed E-state index contributed by atoms with van der Waals surface area (Å²) in [4.78, 5) is 2.64. The van der Waals surface area contributed by atoms with E-state index in [-0.39, 0.29) is 0 Å². The second-order valence-electron chi connectivity index (χ2n) is 7.20. The Morgan fingerprint density at radius 1 is 1.17 bits per heavy atom. The second-order valence-corrected chi connectivity index (χ2v) is 8.01. The molecule has 2 fully saturated rings. The highest BCUT2D eigenvalue weighted by Gasteiger charge is 2.29. The van der Waals surface area contributed by atoms with Crippen LogP contribution in [0.2, 0.25) is 0 Å². The highest BCUT2D eigenvalue weighted by atomic mass is 79.9. The minimum absolute atomic E-state index is 0.740. The van der Waals surface area contributed by atoms with Gasteiger partial charge in [0.25, 0.3) is 0 Å². The summed E-state index contributed by atoms with van der Waals surface area (Å²) >= 11 is 3.65. The Hall–Kier alpha value is -1.07. The summed E-state index contributed by atoms with van der Waals surface area (Å²) in [7, 11) is 0. The molecule has 130 valence electrons. The lowest BCUT2D eigenvalue weighted by Gasteiger charge is -2.31. The van der Waals surface area contributed by atoms with E-state index in [2.05, 4.69) is 50.5 Å². The number of rotatable bonds is 6. The van der Waals surface area contributed by atoms with Crippen LogP contribution in [-0.4, -0.2) is 35.9 Å². The number of hydrogen-bond acceptors (Lipinski definition) is 3. The zero-order chi connectivity index (χ0) is 16.5. The molecule has 0 aromatic carbocycles. The Bertz CT molecular complexity index is 704. The number of halogens is 1. The van der Waals surface area contributed by atoms with Gasteiger partial charge < -0.3 is 9.64 Å². The third-order valence-corrected chi connectivity index (χ3v) is 5.90. The minimum Gasteiger partial charge on any atom is -0.381 e. The van der Waals surface area contributed by atoms with Gasteiger partial charge in [-0.05, 0) is 72.0 Å². The number of hydrogen-bond donors (Lipinski definition) is 0. The summed E-state index contributed by atoms with van der Waals surface area (Å²) in [5, 5.41) is 4.88. The SMILES string of the molecule is CCc1nn2c(Br)cccc2c1N(CC1CCOCC1)CC1CC1. The molecule has 3 heterocycles. The van der Waals surface area contributed by atoms with Gasteiger partial charge in [-0.3, -0.25) is 0 Å². The molecule has 0 amide bonds. The third kappa shape index (κ3) is 3.33. The molecular weight excluding hydrogens is 366 g/mol. The highest BCUT2D eigenvalue weighted by molar-refractivity contribution is 9.10. The first kappa shape index (κ1) is 16.4. The van der Waals surface area contributed by atoms with Crippen molar-refractivity contribution >= 4 is 27.1 Å². The summed E-state index contributed by atoms with van der Waals surface area (Å²) in [6.07, 6.45) is 6.11. The van der Waals surface area contributed by atoms with Crippen LogP contribution in [0.25, 0.3) is 5.52 Å². The van der Waals surface area contributed by atoms with Gasteiger partial charge in [0, 0.05) is 26.3 Å². The van der Waals surface area contributed by atoms with E-state index in [0.29, 0.717) is 0 Å². The fourth-order valence-corrected chi connectivity index (χ4v) is 4.19. The van der Waals surface area contributed by atoms with E-state index >= 15 is 0 Å². The highest BCUT2D eigenvalue weighted by Crippen LogP contribution is 2.36. The van der Waals surface area contributed by atoms with Crippen molar-refractivity contribution in [3.8, 4) is 0 Å². The van der Waals surface area contributed by atoms with E-state index in [0.717, 1.165) is 42.6 Å². The van der Waals surface area contributed by atoms with Crippen LogP contribution in [0.1, 0.15) is 38.3 Å². The van der Waals surface area contributed by atoms with Crippen LogP contribution >= 0.6 is 15.9 Å². The number of fused-ring (bicyclic) bond motifs is 1. The van der Waals surface area contributed by atoms with Crippen molar-refractivity contribution in [3.63, 3.8) is 0 Å². The molecule has 5 heteroatoms. The zero-order valence-electron chi connectivity index (χ0n) is 14.4. The number of nitrogens with zero attached hydrogens (tertiary/aromatic N) is 3. The molecule has 2 aromatic heterocycles. The molecule has 1 saturated heterocycles. The van der Waals surface area contributed by atoms with E-state index in [1.54, 1.807) is 0 Å². The van der Waals surface area contributed by atoms with E-state index in [4.69, 9.17) is 9.84 Å². The minimum atomic E-state index is 0.740. The van der Waals surface area contributed by atoms with E-state index in [9.17, 15) is 0 Å². The van der Waals surface area contributed by atoms with Crippen molar-refractivity contribution in [2.24, 2.45) is 11.8 Å². The van der Waals surface area contributed by atoms with Gasteiger partial charge in [-0.1, -0.05) is 13.0 Å². The summed E-state index contributed by atoms with van der Waals surface area (Å²) in [5.41, 5.74) is 3.81. The summed E-state index contributed by atoms with van der Waals surface area (Å²) in [5.74, 6) is 1.61. The van der Waals surface area contributed by atoms with Gasteiger partial charge in [0.15, 0.2) is 0 Å². The number of ether oxygens (including phenoxy) is 1. The van der Waals surface area contributed by atoms with Crippen LogP contribution in [0.5, 0.6) is 0 Å². The predicted octanol–water partition coefficient (Wildman–Crippen LogP) is 4.30. The summed E-state index contributed by atoms with van der Waals surface area (Å²) < 4.78 is 8.64. The number of aromatic nitrogens is 2. The first-order chi connectivity index (χ1) is 11.8. The third-order valence-electron chi connectivity index (χ3n) is 5.30. The van der Waals surface area contributed by atoms with Crippen molar-refractivity contribution in [2.45, 2.75) is 39.0 Å². The number of aryl methyl sites for hydroxylation is 1. The van der Waals surface area contributed by atoms with Crippen LogP contribution in [0.4, 0.5) is 5.69 Å². The fraction of sp³-hybridized carbons (Fsp3) is 0.632. The Balaban J connectivity index is 1.70. The molecule has 4 rings (SSSR count). The molecule has 0 radical (unpaired) electrons. The molecule has 1 aliphatic heterocycles. The molecule has 24 heavy (non-hydrogen) atoms. The Labute approximate surface area is 152 Å². The van der Waals surface area contributed by atoms with E-state index in [1.807, 2.05) is 0 Å². The molecule has 0 spiro atoms. The normalized spacial score (nSPS) is 19.1. The lowest BCUT2D eigenvalue weighted by Crippen LogP contribution is -2.34. The molecular formula is C19H26BrN3O. The van der Waals surface area contributed by atoms with Gasteiger partial charge >= 0.3 is 0 Å². The van der Waals surface area contributed by atoms with Crippen LogP contribution in [-0.2, 0) is 11.2 Å². The quantitative estimate of drug-likeness (QED) is 0.687. The molecule has 2 aliphatic rings. The first-order valence-electron chi connectivity index (χ1n) is 9.25. The lowest BCUT2D eigenvalue weighted by atomic mass is 9.99. The average Bonchev–Trinajstić information content (AvgIpc) is 3.33. The Morgan fingerprint density at radius 2 is 1.88 bits per heavy atom. The van der Waals surface area contributed by atoms with Crippen LogP contribution in [0.15, 0.2) is 22.8 Å². The van der Waals surface area contributed by atoms with Gasteiger partial charge in [0.1, 0.15) is 4.60 Å². The molecule has 4 nitrogen and oxygen atoms in total. The first-order valence-corrected chi connectivity index (χ1v) is 10.0. The summed E-state index contributed by atoms with van der Waals surface area (Å²) in [6, 6.07) is 6.39. The van der Waals surface area contributed by atoms with Gasteiger partial charge in [0.05, 0.1) is 16.9 Å². The molecule has 0 bridgehead atoms. The Morgan fingerprint density at radius 3 is 2.54 bits per heavy atom. The average molecular weight is 392 g/mol. The van der Waals surface area contributed by atoms with Crippen molar-refractivity contribution < 1.29 is 4.74 Å². The molecule has 1 aliphatic carbocycles. The van der Waals surface area contributed by atoms with Gasteiger partial charge in [-0.15, -0.1) is 0 Å². The Kier molecular flexibility index (Phi) is 4.81. The van der Waals surface area contributed by atoms with Gasteiger partial charge in [-0.25, -0.2) is 4.52 Å². The lowest BCUT2D eigenvalue weighted by molar-refractivity contribution is 0.0682. The topological polar surface area (TPSA) is 29.8 Å². The van der Waals surface area contributed by atoms with Crippen molar-refractivity contribution in [2.75, 3.05) is 31.2 Å². The second kappa shape index (κ2) is 7.04. The van der Waals surface area contributed by atoms with Crippen LogP contribution < -0.4 is 4.90 Å². The zero-order valence-corrected chi connectivity index (χ0v) is 16.0. The summed E-state index contributed by atoms with van der Waals surface area (Å²) in [6.45, 7) is 6.37. The van der Waals surface area contributed by atoms with E-state index in [1.165, 1.54) is 49.1 Å². The monoisotopic (exact) mass is 391 g/mol. The van der Waals surface area contributed by atoms with Crippen molar-refractivity contribution in [1.29, 1.82) is 0 Å². The van der Waals surface area contributed by atoms with Crippen molar-refractivity contribution in [1.82, 2.24) is 9.61 Å². The molecule has 0 N–H and O–H groups in total. The predicted molar refractivity (Wildman–Crippen MR) is 101 cm³/mol. The maximum atomic E-state index is 5.56. The maximum Gasteiger partial charge on any atom is 0.108 e. The van der Waals surface area contributed by atoms with Crippen LogP contribution in [0, 0.1) is 11.8 Å². The fourth-order valence-electron chi connectivity index (χ4n) is 3.76. The molecule has 0 atom stereocenters. The molecule has 1 saturated carbocycles. The van der Waals surface area contributed by atoms with Crippen molar-refractivity contribution in [3.05, 3.63) is 28.5 Å². The number of pyridine rings is 1. The maximum absolute atomic E-state index is 5.56. The van der Waals surface area contributed by atoms with Crippen LogP contribution in [0.3, 0.4) is 0 Å². The smallest absolute Gasteiger partial charge is 0.108 e.